The molecule has 3 saturated heterocycles. The quantitative estimate of drug-likeness (QED) is 0.389. The average molecular weight is 533 g/mol. The molecule has 1 amide bonds. The summed E-state index contributed by atoms with van der Waals surface area (Å²) in [5, 5.41) is 0.0120. The van der Waals surface area contributed by atoms with Crippen molar-refractivity contribution >= 4 is 24.4 Å². The Hall–Kier alpha value is -1.68. The van der Waals surface area contributed by atoms with Crippen molar-refractivity contribution in [2.24, 2.45) is 17.8 Å². The first-order valence-corrected chi connectivity index (χ1v) is 17.4. The van der Waals surface area contributed by atoms with Gasteiger partial charge in [0.1, 0.15) is 5.54 Å². The predicted molar refractivity (Wildman–Crippen MR) is 142 cm³/mol. The Kier molecular flexibility index (Phi) is 6.06. The summed E-state index contributed by atoms with van der Waals surface area (Å²) in [6, 6.07) is 6.60. The molecule has 0 aromatic heterocycles. The van der Waals surface area contributed by atoms with Crippen molar-refractivity contribution in [3.63, 3.8) is 0 Å². The van der Waals surface area contributed by atoms with Crippen LogP contribution in [0.3, 0.4) is 0 Å². The zero-order valence-electron chi connectivity index (χ0n) is 22.4. The van der Waals surface area contributed by atoms with E-state index in [9.17, 15) is 13.2 Å². The third-order valence-electron chi connectivity index (χ3n) is 9.78. The molecule has 1 aromatic rings. The van der Waals surface area contributed by atoms with Crippen LogP contribution in [0.2, 0.25) is 18.1 Å². The lowest BCUT2D eigenvalue weighted by Gasteiger charge is -2.57. The van der Waals surface area contributed by atoms with Gasteiger partial charge in [0.15, 0.2) is 14.4 Å². The van der Waals surface area contributed by atoms with Gasteiger partial charge in [-0.05, 0) is 67.8 Å². The Bertz CT molecular complexity index is 1160. The highest BCUT2D eigenvalue weighted by atomic mass is 32.2. The summed E-state index contributed by atoms with van der Waals surface area (Å²) in [4.78, 5) is 15.4. The second-order valence-corrected chi connectivity index (χ2v) is 19.3. The number of hydrogen-bond acceptors (Lipinski definition) is 5. The maximum Gasteiger partial charge on any atom is 0.410 e. The van der Waals surface area contributed by atoms with Gasteiger partial charge in [-0.25, -0.2) is 13.2 Å². The number of cyclic esters (lactones) is 1. The van der Waals surface area contributed by atoms with Crippen molar-refractivity contribution in [1.29, 1.82) is 0 Å². The fourth-order valence-electron chi connectivity index (χ4n) is 6.98. The second-order valence-electron chi connectivity index (χ2n) is 12.6. The van der Waals surface area contributed by atoms with E-state index in [0.717, 1.165) is 12.0 Å². The highest BCUT2D eigenvalue weighted by Gasteiger charge is 2.75. The number of piperidine rings is 1. The van der Waals surface area contributed by atoms with E-state index in [2.05, 4.69) is 40.4 Å². The highest BCUT2D eigenvalue weighted by Crippen LogP contribution is 2.61. The van der Waals surface area contributed by atoms with Crippen LogP contribution in [-0.4, -0.2) is 69.4 Å². The van der Waals surface area contributed by atoms with Gasteiger partial charge in [-0.15, -0.1) is 6.58 Å². The molecule has 0 unspecified atom stereocenters. The Morgan fingerprint density at radius 1 is 1.25 bits per heavy atom. The molecule has 0 N–H and O–H groups in total. The van der Waals surface area contributed by atoms with Gasteiger partial charge in [0.05, 0.1) is 17.5 Å². The number of nitrogens with zero attached hydrogens (tertiary/aromatic N) is 2. The molecule has 1 aliphatic carbocycles. The Labute approximate surface area is 217 Å². The summed E-state index contributed by atoms with van der Waals surface area (Å²) in [7, 11) is -5.91. The van der Waals surface area contributed by atoms with Crippen LogP contribution in [-0.2, 0) is 19.2 Å². The van der Waals surface area contributed by atoms with Crippen molar-refractivity contribution in [2.45, 2.75) is 81.2 Å². The van der Waals surface area contributed by atoms with E-state index in [0.29, 0.717) is 32.0 Å². The Balaban J connectivity index is 1.59. The molecule has 4 bridgehead atoms. The normalized spacial score (nSPS) is 34.4. The minimum atomic E-state index is -3.79. The van der Waals surface area contributed by atoms with Crippen LogP contribution < -0.4 is 0 Å². The van der Waals surface area contributed by atoms with Crippen molar-refractivity contribution < 1.29 is 22.4 Å². The van der Waals surface area contributed by atoms with Crippen molar-refractivity contribution in [1.82, 2.24) is 9.21 Å². The van der Waals surface area contributed by atoms with E-state index >= 15 is 0 Å². The molecule has 36 heavy (non-hydrogen) atoms. The highest BCUT2D eigenvalue weighted by molar-refractivity contribution is 7.89. The van der Waals surface area contributed by atoms with E-state index in [1.807, 2.05) is 30.0 Å². The maximum atomic E-state index is 14.1. The first kappa shape index (κ1) is 25.9. The molecule has 4 fully saturated rings. The van der Waals surface area contributed by atoms with E-state index in [1.165, 1.54) is 0 Å². The molecular formula is C27H40N2O5SSi. The number of ether oxygens (including phenoxy) is 1. The van der Waals surface area contributed by atoms with Crippen LogP contribution >= 0.6 is 0 Å². The van der Waals surface area contributed by atoms with Crippen molar-refractivity contribution in [3.8, 4) is 0 Å². The minimum absolute atomic E-state index is 0.0120. The predicted octanol–water partition coefficient (Wildman–Crippen LogP) is 4.79. The SMILES string of the molecule is C=C[C@H]1C[C@H]2CN3C(=O)O[C@H](CO[Si](C)(C)C(C)(C)C)[C@@]34[C@@H]2CCN(S(=O)(=O)c2ccc(C)cc2)[C@@H]14. The number of sulfonamides is 1. The molecule has 6 atom stereocenters. The molecule has 4 aliphatic rings. The molecule has 7 nitrogen and oxygen atoms in total. The van der Waals surface area contributed by atoms with Crippen LogP contribution in [0, 0.1) is 24.7 Å². The van der Waals surface area contributed by atoms with Crippen molar-refractivity contribution in [3.05, 3.63) is 42.5 Å². The lowest BCUT2D eigenvalue weighted by atomic mass is 9.58. The molecular weight excluding hydrogens is 492 g/mol. The first-order valence-electron chi connectivity index (χ1n) is 13.1. The molecule has 198 valence electrons. The van der Waals surface area contributed by atoms with Crippen LogP contribution in [0.15, 0.2) is 41.8 Å². The number of carbonyl (C=O) groups is 1. The third kappa shape index (κ3) is 3.56. The molecule has 1 saturated carbocycles. The summed E-state index contributed by atoms with van der Waals surface area (Å²) >= 11 is 0. The van der Waals surface area contributed by atoms with Gasteiger partial charge in [-0.3, -0.25) is 4.90 Å². The van der Waals surface area contributed by atoms with E-state index in [4.69, 9.17) is 9.16 Å². The van der Waals surface area contributed by atoms with Crippen molar-refractivity contribution in [2.75, 3.05) is 19.7 Å². The number of benzene rings is 1. The summed E-state index contributed by atoms with van der Waals surface area (Å²) in [6.45, 7) is 18.4. The fourth-order valence-corrected chi connectivity index (χ4v) is 9.70. The van der Waals surface area contributed by atoms with Crippen LogP contribution in [0.4, 0.5) is 4.79 Å². The number of hydrogen-bond donors (Lipinski definition) is 0. The van der Waals surface area contributed by atoms with Gasteiger partial charge in [-0.2, -0.15) is 4.31 Å². The third-order valence-corrected chi connectivity index (χ3v) is 16.2. The number of aryl methyl sites for hydroxylation is 1. The van der Waals surface area contributed by atoms with E-state index < -0.39 is 36.0 Å². The van der Waals surface area contributed by atoms with E-state index in [1.54, 1.807) is 16.4 Å². The lowest BCUT2D eigenvalue weighted by Crippen LogP contribution is -2.73. The molecule has 1 spiro atoms. The van der Waals surface area contributed by atoms with Gasteiger partial charge in [-0.1, -0.05) is 44.5 Å². The first-order chi connectivity index (χ1) is 16.7. The van der Waals surface area contributed by atoms with Gasteiger partial charge >= 0.3 is 6.09 Å². The monoisotopic (exact) mass is 532 g/mol. The topological polar surface area (TPSA) is 76.2 Å². The minimum Gasteiger partial charge on any atom is -0.441 e. The molecule has 5 rings (SSSR count). The zero-order chi connectivity index (χ0) is 26.3. The maximum absolute atomic E-state index is 14.1. The summed E-state index contributed by atoms with van der Waals surface area (Å²) in [5.74, 6) is 0.431. The Morgan fingerprint density at radius 2 is 1.92 bits per heavy atom. The summed E-state index contributed by atoms with van der Waals surface area (Å²) in [5.41, 5.74) is 0.271. The number of amides is 1. The largest absolute Gasteiger partial charge is 0.441 e. The summed E-state index contributed by atoms with van der Waals surface area (Å²) < 4.78 is 42.5. The smallest absolute Gasteiger partial charge is 0.410 e. The second kappa shape index (κ2) is 8.41. The standard InChI is InChI=1S/C27H40N2O5SSi/c1-8-19-15-20-16-28-25(30)34-23(17-33-36(6,7)26(3,4)5)27(28)22(20)13-14-29(24(19)27)35(31,32)21-11-9-18(2)10-12-21/h8-12,19-20,22-24H,1,13-17H2,2-7H3/t19-,20-,22+,23+,24-,27+/m0/s1. The lowest BCUT2D eigenvalue weighted by molar-refractivity contribution is -0.0726. The fraction of sp³-hybridized carbons (Fsp3) is 0.667. The van der Waals surface area contributed by atoms with Gasteiger partial charge in [0, 0.05) is 13.1 Å². The van der Waals surface area contributed by atoms with Gasteiger partial charge < -0.3 is 9.16 Å². The van der Waals surface area contributed by atoms with E-state index in [-0.39, 0.29) is 27.9 Å². The van der Waals surface area contributed by atoms with Crippen LogP contribution in [0.1, 0.15) is 39.2 Å². The Morgan fingerprint density at radius 3 is 2.53 bits per heavy atom. The van der Waals surface area contributed by atoms with Gasteiger partial charge in [0.2, 0.25) is 10.0 Å². The molecule has 9 heteroatoms. The molecule has 3 heterocycles. The molecule has 3 aliphatic heterocycles. The number of carbonyl (C=O) groups excluding carboxylic acids is 1. The average Bonchev–Trinajstić information content (AvgIpc) is 3.19. The molecule has 1 aromatic carbocycles. The summed E-state index contributed by atoms with van der Waals surface area (Å²) in [6.07, 6.45) is 2.59. The van der Waals surface area contributed by atoms with Crippen LogP contribution in [0.5, 0.6) is 0 Å². The van der Waals surface area contributed by atoms with Gasteiger partial charge in [0.25, 0.3) is 0 Å². The van der Waals surface area contributed by atoms with Crippen LogP contribution in [0.25, 0.3) is 0 Å². The number of rotatable bonds is 6. The zero-order valence-corrected chi connectivity index (χ0v) is 24.2. The molecule has 0 radical (unpaired) electrons.